The van der Waals surface area contributed by atoms with Gasteiger partial charge in [0.05, 0.1) is 22.7 Å². The molecule has 236 valence electrons. The Bertz CT molecular complexity index is 2980. The van der Waals surface area contributed by atoms with Crippen LogP contribution in [-0.2, 0) is 0 Å². The smallest absolute Gasteiger partial charge is 0.0992 e. The Kier molecular flexibility index (Phi) is 6.59. The highest BCUT2D eigenvalue weighted by Gasteiger charge is 2.18. The standard InChI is InChI=1S/C49H30N2/c50-31-32-25-38(28-39(26-32)51-46-24-11-10-19-40(46)45-29-35-15-4-5-16-36(35)30-47(45)51)34-17-12-18-37(27-34)49-43-22-8-6-20-41(43)48(33-13-2-1-3-14-33)42-21-7-9-23-44(42)49/h1-30H. The summed E-state index contributed by atoms with van der Waals surface area (Å²) in [6.07, 6.45) is 0. The molecule has 0 radical (unpaired) electrons. The Labute approximate surface area is 295 Å². The molecule has 0 aliphatic heterocycles. The van der Waals surface area contributed by atoms with Crippen molar-refractivity contribution in [2.75, 3.05) is 0 Å². The number of aromatic nitrogens is 1. The van der Waals surface area contributed by atoms with Crippen molar-refractivity contribution in [3.63, 3.8) is 0 Å². The quantitative estimate of drug-likeness (QED) is 0.175. The normalized spacial score (nSPS) is 11.5. The SMILES string of the molecule is N#Cc1cc(-c2cccc(-c3c4ccccc4c(-c4ccccc4)c4ccccc34)c2)cc(-n2c3ccccc3c3cc4ccccc4cc32)c1. The van der Waals surface area contributed by atoms with Gasteiger partial charge in [0.2, 0.25) is 0 Å². The highest BCUT2D eigenvalue weighted by molar-refractivity contribution is 6.21. The first kappa shape index (κ1) is 29.0. The van der Waals surface area contributed by atoms with Gasteiger partial charge in [-0.2, -0.15) is 5.26 Å². The predicted octanol–water partition coefficient (Wildman–Crippen LogP) is 13.1. The Hall–Kier alpha value is -6.95. The number of hydrogen-bond acceptors (Lipinski definition) is 1. The molecule has 10 rings (SSSR count). The largest absolute Gasteiger partial charge is 0.309 e. The summed E-state index contributed by atoms with van der Waals surface area (Å²) in [5.74, 6) is 0. The maximum atomic E-state index is 10.3. The van der Waals surface area contributed by atoms with Crippen LogP contribution in [0.2, 0.25) is 0 Å². The summed E-state index contributed by atoms with van der Waals surface area (Å²) in [6, 6.07) is 67.4. The van der Waals surface area contributed by atoms with Crippen molar-refractivity contribution in [3.05, 3.63) is 188 Å². The molecule has 1 aromatic heterocycles. The van der Waals surface area contributed by atoms with Crippen LogP contribution in [0.5, 0.6) is 0 Å². The lowest BCUT2D eigenvalue weighted by Crippen LogP contribution is -1.96. The minimum absolute atomic E-state index is 0.628. The molecule has 0 spiro atoms. The lowest BCUT2D eigenvalue weighted by atomic mass is 9.85. The average molecular weight is 647 g/mol. The maximum absolute atomic E-state index is 10.3. The van der Waals surface area contributed by atoms with E-state index in [9.17, 15) is 5.26 Å². The summed E-state index contributed by atoms with van der Waals surface area (Å²) in [6.45, 7) is 0. The van der Waals surface area contributed by atoms with E-state index in [2.05, 4.69) is 180 Å². The Morgan fingerprint density at radius 2 is 0.902 bits per heavy atom. The molecule has 0 aliphatic rings. The molecule has 10 aromatic rings. The molecule has 2 nitrogen and oxygen atoms in total. The van der Waals surface area contributed by atoms with Crippen LogP contribution in [0.25, 0.3) is 93.2 Å². The van der Waals surface area contributed by atoms with Crippen molar-refractivity contribution in [2.45, 2.75) is 0 Å². The molecule has 2 heteroatoms. The zero-order valence-electron chi connectivity index (χ0n) is 27.7. The van der Waals surface area contributed by atoms with Gasteiger partial charge >= 0.3 is 0 Å². The number of fused-ring (bicyclic) bond motifs is 6. The van der Waals surface area contributed by atoms with Gasteiger partial charge in [0.25, 0.3) is 0 Å². The van der Waals surface area contributed by atoms with Crippen molar-refractivity contribution in [3.8, 4) is 45.1 Å². The van der Waals surface area contributed by atoms with Gasteiger partial charge in [-0.15, -0.1) is 0 Å². The van der Waals surface area contributed by atoms with Gasteiger partial charge in [-0.3, -0.25) is 0 Å². The van der Waals surface area contributed by atoms with E-state index in [1.807, 2.05) is 12.1 Å². The Balaban J connectivity index is 1.20. The van der Waals surface area contributed by atoms with Crippen LogP contribution in [0.3, 0.4) is 0 Å². The number of hydrogen-bond donors (Lipinski definition) is 0. The molecular weight excluding hydrogens is 617 g/mol. The van der Waals surface area contributed by atoms with Crippen LogP contribution in [0.1, 0.15) is 5.56 Å². The van der Waals surface area contributed by atoms with Gasteiger partial charge in [0, 0.05) is 16.5 Å². The second-order valence-corrected chi connectivity index (χ2v) is 13.2. The summed E-state index contributed by atoms with van der Waals surface area (Å²) in [4.78, 5) is 0. The second-order valence-electron chi connectivity index (χ2n) is 13.2. The van der Waals surface area contributed by atoms with Crippen molar-refractivity contribution in [1.29, 1.82) is 5.26 Å². The van der Waals surface area contributed by atoms with Gasteiger partial charge in [0.15, 0.2) is 0 Å². The second kappa shape index (κ2) is 11.6. The van der Waals surface area contributed by atoms with E-state index >= 15 is 0 Å². The molecule has 0 atom stereocenters. The molecule has 0 saturated heterocycles. The van der Waals surface area contributed by atoms with E-state index in [0.717, 1.165) is 33.4 Å². The number of para-hydroxylation sites is 1. The Morgan fingerprint density at radius 1 is 0.353 bits per heavy atom. The van der Waals surface area contributed by atoms with Gasteiger partial charge in [-0.05, 0) is 108 Å². The minimum atomic E-state index is 0.628. The summed E-state index contributed by atoms with van der Waals surface area (Å²) >= 11 is 0. The van der Waals surface area contributed by atoms with Crippen molar-refractivity contribution >= 4 is 54.1 Å². The van der Waals surface area contributed by atoms with E-state index in [1.165, 1.54) is 59.8 Å². The molecule has 1 heterocycles. The summed E-state index contributed by atoms with van der Waals surface area (Å²) in [5.41, 5.74) is 10.7. The van der Waals surface area contributed by atoms with Crippen molar-refractivity contribution < 1.29 is 0 Å². The van der Waals surface area contributed by atoms with Crippen LogP contribution in [0.4, 0.5) is 0 Å². The molecular formula is C49H30N2. The van der Waals surface area contributed by atoms with Crippen LogP contribution in [0.15, 0.2) is 182 Å². The van der Waals surface area contributed by atoms with E-state index in [-0.39, 0.29) is 0 Å². The van der Waals surface area contributed by atoms with Crippen molar-refractivity contribution in [2.24, 2.45) is 0 Å². The van der Waals surface area contributed by atoms with Crippen molar-refractivity contribution in [1.82, 2.24) is 4.57 Å². The van der Waals surface area contributed by atoms with Gasteiger partial charge in [-0.25, -0.2) is 0 Å². The summed E-state index contributed by atoms with van der Waals surface area (Å²) < 4.78 is 2.31. The maximum Gasteiger partial charge on any atom is 0.0992 e. The van der Waals surface area contributed by atoms with E-state index < -0.39 is 0 Å². The molecule has 0 fully saturated rings. The first-order valence-electron chi connectivity index (χ1n) is 17.3. The lowest BCUT2D eigenvalue weighted by Gasteiger charge is -2.18. The fraction of sp³-hybridized carbons (Fsp3) is 0. The van der Waals surface area contributed by atoms with E-state index in [0.29, 0.717) is 5.56 Å². The van der Waals surface area contributed by atoms with Gasteiger partial charge in [0.1, 0.15) is 0 Å². The first-order chi connectivity index (χ1) is 25.2. The van der Waals surface area contributed by atoms with E-state index in [4.69, 9.17) is 0 Å². The first-order valence-corrected chi connectivity index (χ1v) is 17.3. The topological polar surface area (TPSA) is 28.7 Å². The molecule has 0 amide bonds. The molecule has 0 unspecified atom stereocenters. The summed E-state index contributed by atoms with van der Waals surface area (Å²) in [5, 5.41) is 20.0. The molecule has 51 heavy (non-hydrogen) atoms. The van der Waals surface area contributed by atoms with E-state index in [1.54, 1.807) is 0 Å². The zero-order valence-corrected chi connectivity index (χ0v) is 27.7. The third kappa shape index (κ3) is 4.64. The molecule has 9 aromatic carbocycles. The average Bonchev–Trinajstić information content (AvgIpc) is 3.52. The third-order valence-corrected chi connectivity index (χ3v) is 10.3. The lowest BCUT2D eigenvalue weighted by molar-refractivity contribution is 1.18. The monoisotopic (exact) mass is 646 g/mol. The number of nitrogens with zero attached hydrogens (tertiary/aromatic N) is 2. The minimum Gasteiger partial charge on any atom is -0.309 e. The van der Waals surface area contributed by atoms with Gasteiger partial charge < -0.3 is 4.57 Å². The van der Waals surface area contributed by atoms with Gasteiger partial charge in [-0.1, -0.05) is 140 Å². The Morgan fingerprint density at radius 3 is 1.59 bits per heavy atom. The molecule has 0 saturated carbocycles. The molecule has 0 N–H and O–H groups in total. The zero-order chi connectivity index (χ0) is 33.9. The van der Waals surface area contributed by atoms with Crippen LogP contribution < -0.4 is 0 Å². The predicted molar refractivity (Wildman–Crippen MR) is 214 cm³/mol. The summed E-state index contributed by atoms with van der Waals surface area (Å²) in [7, 11) is 0. The number of nitriles is 1. The third-order valence-electron chi connectivity index (χ3n) is 10.3. The highest BCUT2D eigenvalue weighted by Crippen LogP contribution is 2.44. The molecule has 0 bridgehead atoms. The molecule has 0 aliphatic carbocycles. The fourth-order valence-corrected chi connectivity index (χ4v) is 8.11. The van der Waals surface area contributed by atoms with Crippen LogP contribution in [-0.4, -0.2) is 4.57 Å². The van der Waals surface area contributed by atoms with Crippen LogP contribution in [0, 0.1) is 11.3 Å². The number of benzene rings is 9. The fourth-order valence-electron chi connectivity index (χ4n) is 8.11. The van der Waals surface area contributed by atoms with Crippen LogP contribution >= 0.6 is 0 Å². The number of rotatable bonds is 4. The highest BCUT2D eigenvalue weighted by atomic mass is 15.0.